The normalized spacial score (nSPS) is 17.1. The molecule has 0 bridgehead atoms. The number of alkyl halides is 3. The summed E-state index contributed by atoms with van der Waals surface area (Å²) in [7, 11) is -3.32. The number of carbonyl (C=O) groups is 1. The Bertz CT molecular complexity index is 1890. The van der Waals surface area contributed by atoms with Crippen LogP contribution in [0.5, 0.6) is 0 Å². The van der Waals surface area contributed by atoms with E-state index in [-0.39, 0.29) is 28.7 Å². The number of likely N-dealkylation sites (N-methyl/N-ethyl adjacent to an activating group) is 1. The van der Waals surface area contributed by atoms with Crippen LogP contribution in [0.3, 0.4) is 0 Å². The fourth-order valence-electron chi connectivity index (χ4n) is 5.34. The summed E-state index contributed by atoms with van der Waals surface area (Å²) in [6, 6.07) is 15.5. The summed E-state index contributed by atoms with van der Waals surface area (Å²) < 4.78 is 70.6. The van der Waals surface area contributed by atoms with E-state index in [0.717, 1.165) is 33.3 Å². The second-order valence-corrected chi connectivity index (χ2v) is 11.7. The maximum absolute atomic E-state index is 14.0. The molecule has 0 aliphatic carbocycles. The number of allylic oxidation sites excluding steroid dienone is 1. The second kappa shape index (κ2) is 10.3. The Hall–Kier alpha value is -4.22. The van der Waals surface area contributed by atoms with Crippen molar-refractivity contribution in [3.8, 4) is 11.1 Å². The first-order chi connectivity index (χ1) is 19.4. The van der Waals surface area contributed by atoms with Crippen LogP contribution in [0.25, 0.3) is 28.0 Å². The lowest BCUT2D eigenvalue weighted by molar-refractivity contribution is -0.141. The van der Waals surface area contributed by atoms with E-state index in [1.165, 1.54) is 19.2 Å². The summed E-state index contributed by atoms with van der Waals surface area (Å²) in [4.78, 5) is 26.3. The number of aliphatic carboxylic acids is 1. The van der Waals surface area contributed by atoms with Gasteiger partial charge in [0.2, 0.25) is 0 Å². The topological polar surface area (TPSA) is 96.7 Å². The summed E-state index contributed by atoms with van der Waals surface area (Å²) in [6.45, 7) is 1.11. The standard InChI is InChI=1S/C30H25F3N2O5S/c1-3-8-23-24(16-19-11-6-10-18-9-4-5-14-22(18)19)26(20-12-7-13-21(15-20)30(31,32)33)28-35(27(23)36)25(29(37)38)17-34(2)41(28,39)40/h3-15,25H,16-17H2,1-2H3,(H,37,38). The molecular formula is C30H25F3N2O5S. The smallest absolute Gasteiger partial charge is 0.416 e. The molecule has 0 fully saturated rings. The zero-order valence-electron chi connectivity index (χ0n) is 22.0. The van der Waals surface area contributed by atoms with Crippen LogP contribution in [0.2, 0.25) is 0 Å². The lowest BCUT2D eigenvalue weighted by Crippen LogP contribution is -2.48. The molecule has 1 aromatic heterocycles. The second-order valence-electron chi connectivity index (χ2n) is 9.78. The molecule has 7 nitrogen and oxygen atoms in total. The molecule has 5 rings (SSSR count). The summed E-state index contributed by atoms with van der Waals surface area (Å²) >= 11 is 0. The molecule has 1 N–H and O–H groups in total. The molecule has 4 aromatic rings. The van der Waals surface area contributed by atoms with Gasteiger partial charge in [0.15, 0.2) is 5.03 Å². The average molecular weight is 583 g/mol. The molecule has 1 aliphatic rings. The summed E-state index contributed by atoms with van der Waals surface area (Å²) in [5.74, 6) is -1.45. The number of rotatable bonds is 5. The molecule has 0 amide bonds. The van der Waals surface area contributed by atoms with E-state index in [4.69, 9.17) is 0 Å². The molecule has 1 aliphatic heterocycles. The van der Waals surface area contributed by atoms with Gasteiger partial charge >= 0.3 is 12.1 Å². The number of carboxylic acids is 1. The van der Waals surface area contributed by atoms with Crippen molar-refractivity contribution in [2.45, 2.75) is 30.6 Å². The highest BCUT2D eigenvalue weighted by Crippen LogP contribution is 2.41. The van der Waals surface area contributed by atoms with Crippen molar-refractivity contribution in [2.75, 3.05) is 13.6 Å². The highest BCUT2D eigenvalue weighted by atomic mass is 32.2. The Morgan fingerprint density at radius 1 is 1.07 bits per heavy atom. The van der Waals surface area contributed by atoms with Crippen molar-refractivity contribution in [2.24, 2.45) is 0 Å². The van der Waals surface area contributed by atoms with Gasteiger partial charge in [0.05, 0.1) is 5.56 Å². The summed E-state index contributed by atoms with van der Waals surface area (Å²) in [5.41, 5.74) is -1.22. The third kappa shape index (κ3) is 4.85. The van der Waals surface area contributed by atoms with Gasteiger partial charge in [-0.3, -0.25) is 9.36 Å². The first-order valence-electron chi connectivity index (χ1n) is 12.6. The molecule has 1 atom stereocenters. The van der Waals surface area contributed by atoms with Crippen LogP contribution < -0.4 is 5.56 Å². The number of halogens is 3. The van der Waals surface area contributed by atoms with Crippen LogP contribution >= 0.6 is 0 Å². The van der Waals surface area contributed by atoms with Crippen molar-refractivity contribution in [1.82, 2.24) is 8.87 Å². The third-order valence-electron chi connectivity index (χ3n) is 7.25. The van der Waals surface area contributed by atoms with Crippen molar-refractivity contribution >= 4 is 32.8 Å². The van der Waals surface area contributed by atoms with Crippen LogP contribution in [-0.4, -0.2) is 42.0 Å². The molecule has 2 heterocycles. The van der Waals surface area contributed by atoms with Crippen molar-refractivity contribution in [1.29, 1.82) is 0 Å². The van der Waals surface area contributed by atoms with E-state index in [1.54, 1.807) is 25.1 Å². The summed E-state index contributed by atoms with van der Waals surface area (Å²) in [5, 5.41) is 11.1. The van der Waals surface area contributed by atoms with Crippen LogP contribution in [0.1, 0.15) is 35.2 Å². The maximum Gasteiger partial charge on any atom is 0.416 e. The number of fused-ring (bicyclic) bond motifs is 2. The zero-order chi connectivity index (χ0) is 29.7. The van der Waals surface area contributed by atoms with Crippen molar-refractivity contribution < 1.29 is 31.5 Å². The molecule has 41 heavy (non-hydrogen) atoms. The molecule has 3 aromatic carbocycles. The van der Waals surface area contributed by atoms with E-state index in [9.17, 15) is 36.3 Å². The zero-order valence-corrected chi connectivity index (χ0v) is 22.8. The largest absolute Gasteiger partial charge is 0.480 e. The van der Waals surface area contributed by atoms with Gasteiger partial charge in [0.1, 0.15) is 6.04 Å². The molecule has 0 spiro atoms. The Morgan fingerprint density at radius 2 is 1.76 bits per heavy atom. The van der Waals surface area contributed by atoms with E-state index in [1.807, 2.05) is 30.3 Å². The number of aromatic nitrogens is 1. The van der Waals surface area contributed by atoms with E-state index >= 15 is 0 Å². The average Bonchev–Trinajstić information content (AvgIpc) is 2.92. The fourth-order valence-corrected chi connectivity index (χ4v) is 6.93. The van der Waals surface area contributed by atoms with Gasteiger partial charge in [-0.25, -0.2) is 13.2 Å². The monoisotopic (exact) mass is 582 g/mol. The highest BCUT2D eigenvalue weighted by molar-refractivity contribution is 7.89. The number of hydrogen-bond donors (Lipinski definition) is 1. The van der Waals surface area contributed by atoms with Crippen LogP contribution in [0, 0.1) is 0 Å². The molecular weight excluding hydrogens is 557 g/mol. The van der Waals surface area contributed by atoms with Gasteiger partial charge in [0.25, 0.3) is 15.6 Å². The van der Waals surface area contributed by atoms with Gasteiger partial charge in [-0.15, -0.1) is 0 Å². The number of pyridine rings is 1. The van der Waals surface area contributed by atoms with E-state index < -0.39 is 50.9 Å². The lowest BCUT2D eigenvalue weighted by atomic mass is 9.89. The number of hydrogen-bond acceptors (Lipinski definition) is 4. The van der Waals surface area contributed by atoms with Crippen molar-refractivity contribution in [3.63, 3.8) is 0 Å². The predicted octanol–water partition coefficient (Wildman–Crippen LogP) is 5.57. The molecule has 0 saturated heterocycles. The van der Waals surface area contributed by atoms with Gasteiger partial charge < -0.3 is 5.11 Å². The molecule has 0 saturated carbocycles. The van der Waals surface area contributed by atoms with E-state index in [0.29, 0.717) is 10.1 Å². The number of carboxylic acid groups (broad SMARTS) is 1. The quantitative estimate of drug-likeness (QED) is 0.332. The highest BCUT2D eigenvalue weighted by Gasteiger charge is 2.43. The minimum absolute atomic E-state index is 0.00241. The Balaban J connectivity index is 1.98. The minimum atomic E-state index is -4.73. The fraction of sp³-hybridized carbons (Fsp3) is 0.200. The number of sulfonamides is 1. The van der Waals surface area contributed by atoms with Gasteiger partial charge in [-0.1, -0.05) is 66.7 Å². The number of benzene rings is 3. The lowest BCUT2D eigenvalue weighted by Gasteiger charge is -2.34. The van der Waals surface area contributed by atoms with Crippen LogP contribution in [0.4, 0.5) is 13.2 Å². The Morgan fingerprint density at radius 3 is 2.44 bits per heavy atom. The van der Waals surface area contributed by atoms with Gasteiger partial charge in [0, 0.05) is 24.7 Å². The maximum atomic E-state index is 14.0. The van der Waals surface area contributed by atoms with Crippen LogP contribution in [-0.2, 0) is 27.4 Å². The molecule has 0 radical (unpaired) electrons. The SMILES string of the molecule is CC=Cc1c(Cc2cccc3ccccc23)c(-c2cccc(C(F)(F)F)c2)c2n(c1=O)C(C(=O)O)CN(C)S2(=O)=O. The molecule has 1 unspecified atom stereocenters. The predicted molar refractivity (Wildman–Crippen MR) is 149 cm³/mol. The summed E-state index contributed by atoms with van der Waals surface area (Å²) in [6.07, 6.45) is -1.75. The van der Waals surface area contributed by atoms with Gasteiger partial charge in [-0.05, 0) is 52.9 Å². The third-order valence-corrected chi connectivity index (χ3v) is 9.11. The Labute approximate surface area is 233 Å². The van der Waals surface area contributed by atoms with E-state index in [2.05, 4.69) is 0 Å². The van der Waals surface area contributed by atoms with Crippen LogP contribution in [0.15, 0.2) is 82.6 Å². The van der Waals surface area contributed by atoms with Crippen molar-refractivity contribution in [3.05, 3.63) is 105 Å². The first kappa shape index (κ1) is 28.3. The first-order valence-corrected chi connectivity index (χ1v) is 14.1. The molecule has 212 valence electrons. The minimum Gasteiger partial charge on any atom is -0.480 e. The van der Waals surface area contributed by atoms with Gasteiger partial charge in [-0.2, -0.15) is 17.5 Å². The Kier molecular flexibility index (Phi) is 7.12. The molecule has 11 heteroatoms. The number of nitrogens with zero attached hydrogens (tertiary/aromatic N) is 2.